The molecule has 0 radical (unpaired) electrons. The Morgan fingerprint density at radius 3 is 2.21 bits per heavy atom. The lowest BCUT2D eigenvalue weighted by Crippen LogP contribution is -2.54. The van der Waals surface area contributed by atoms with E-state index in [0.717, 1.165) is 30.7 Å². The van der Waals surface area contributed by atoms with E-state index >= 15 is 0 Å². The molecule has 0 spiro atoms. The van der Waals surface area contributed by atoms with E-state index in [1.165, 1.54) is 38.5 Å². The predicted molar refractivity (Wildman–Crippen MR) is 72.4 cm³/mol. The Balaban J connectivity index is 1.50. The minimum absolute atomic E-state index is 0.164. The highest BCUT2D eigenvalue weighted by atomic mass is 16.3. The minimum Gasteiger partial charge on any atom is -0.391 e. The molecule has 0 aromatic rings. The quantitative estimate of drug-likeness (QED) is 0.848. The van der Waals surface area contributed by atoms with Crippen LogP contribution >= 0.6 is 0 Å². The Morgan fingerprint density at radius 1 is 1.16 bits per heavy atom. The van der Waals surface area contributed by atoms with Crippen molar-refractivity contribution in [1.29, 1.82) is 0 Å². The van der Waals surface area contributed by atoms with E-state index in [-0.39, 0.29) is 17.4 Å². The summed E-state index contributed by atoms with van der Waals surface area (Å²) in [6.45, 7) is 1.47. The maximum absolute atomic E-state index is 11.8. The summed E-state index contributed by atoms with van der Waals surface area (Å²) in [5, 5.41) is 10.8. The van der Waals surface area contributed by atoms with Crippen LogP contribution < -0.4 is 0 Å². The molecule has 0 aromatic heterocycles. The van der Waals surface area contributed by atoms with Gasteiger partial charge in [-0.2, -0.15) is 0 Å². The van der Waals surface area contributed by atoms with Crippen LogP contribution in [0.2, 0.25) is 0 Å². The number of aliphatic hydroxyl groups excluding tert-OH is 1. The van der Waals surface area contributed by atoms with E-state index in [2.05, 4.69) is 0 Å². The highest BCUT2D eigenvalue weighted by Gasteiger charge is 2.54. The molecule has 1 unspecified atom stereocenters. The lowest BCUT2D eigenvalue weighted by Gasteiger charge is -2.58. The summed E-state index contributed by atoms with van der Waals surface area (Å²) in [4.78, 5) is 13.7. The molecule has 4 saturated carbocycles. The smallest absolute Gasteiger partial charge is 0.222 e. The van der Waals surface area contributed by atoms with Crippen molar-refractivity contribution in [1.82, 2.24) is 4.90 Å². The van der Waals surface area contributed by atoms with Crippen LogP contribution in [0.5, 0.6) is 0 Å². The molecule has 3 heteroatoms. The molecule has 1 N–H and O–H groups in total. The Kier molecular flexibility index (Phi) is 2.70. The number of β-amino-alcohol motifs (C(OH)–C–C–N with tert-alkyl or cyclic N) is 1. The first-order chi connectivity index (χ1) is 9.14. The molecule has 1 aliphatic heterocycles. The molecule has 4 bridgehead atoms. The Labute approximate surface area is 115 Å². The van der Waals surface area contributed by atoms with Gasteiger partial charge in [0.05, 0.1) is 6.10 Å². The van der Waals surface area contributed by atoms with Crippen LogP contribution in [0.15, 0.2) is 0 Å². The summed E-state index contributed by atoms with van der Waals surface area (Å²) in [6, 6.07) is 0. The topological polar surface area (TPSA) is 40.5 Å². The van der Waals surface area contributed by atoms with Crippen molar-refractivity contribution < 1.29 is 9.90 Å². The number of hydrogen-bond donors (Lipinski definition) is 1. The molecular weight excluding hydrogens is 238 g/mol. The molecule has 4 aliphatic carbocycles. The third-order valence-electron chi connectivity index (χ3n) is 6.36. The summed E-state index contributed by atoms with van der Waals surface area (Å²) in [5.41, 5.74) is 0.164. The average Bonchev–Trinajstić information content (AvgIpc) is 2.73. The Morgan fingerprint density at radius 2 is 1.74 bits per heavy atom. The molecule has 106 valence electrons. The minimum atomic E-state index is -0.275. The SMILES string of the molecule is O=C1CCCN1CC(O)C12CC3CC(CC(C3)C1)C2. The van der Waals surface area contributed by atoms with E-state index in [1.54, 1.807) is 0 Å². The van der Waals surface area contributed by atoms with Gasteiger partial charge in [0.25, 0.3) is 0 Å². The molecule has 19 heavy (non-hydrogen) atoms. The fourth-order valence-corrected chi connectivity index (χ4v) is 5.89. The van der Waals surface area contributed by atoms with E-state index in [4.69, 9.17) is 0 Å². The van der Waals surface area contributed by atoms with Crippen LogP contribution in [-0.4, -0.2) is 35.1 Å². The Hall–Kier alpha value is -0.570. The number of aliphatic hydroxyl groups is 1. The van der Waals surface area contributed by atoms with Crippen molar-refractivity contribution in [3.63, 3.8) is 0 Å². The second-order valence-corrected chi connectivity index (χ2v) is 7.74. The van der Waals surface area contributed by atoms with Crippen molar-refractivity contribution >= 4 is 5.91 Å². The second kappa shape index (κ2) is 4.21. The number of carbonyl (C=O) groups is 1. The fraction of sp³-hybridized carbons (Fsp3) is 0.938. The standard InChI is InChI=1S/C16H25NO2/c18-14(10-17-3-1-2-15(17)19)16-7-11-4-12(8-16)6-13(5-11)9-16/h11-14,18H,1-10H2. The second-order valence-electron chi connectivity index (χ2n) is 7.74. The monoisotopic (exact) mass is 263 g/mol. The van der Waals surface area contributed by atoms with Gasteiger partial charge >= 0.3 is 0 Å². The van der Waals surface area contributed by atoms with Crippen molar-refractivity contribution in [3.8, 4) is 0 Å². The maximum atomic E-state index is 11.8. The summed E-state index contributed by atoms with van der Waals surface area (Å²) < 4.78 is 0. The number of hydrogen-bond acceptors (Lipinski definition) is 2. The van der Waals surface area contributed by atoms with Gasteiger partial charge in [0.15, 0.2) is 0 Å². The van der Waals surface area contributed by atoms with Crippen LogP contribution in [0.25, 0.3) is 0 Å². The third kappa shape index (κ3) is 1.93. The number of rotatable bonds is 3. The van der Waals surface area contributed by atoms with Gasteiger partial charge in [-0.25, -0.2) is 0 Å². The van der Waals surface area contributed by atoms with Gasteiger partial charge in [-0.05, 0) is 68.1 Å². The molecule has 3 nitrogen and oxygen atoms in total. The molecule has 5 rings (SSSR count). The van der Waals surface area contributed by atoms with Crippen LogP contribution in [0.1, 0.15) is 51.4 Å². The fourth-order valence-electron chi connectivity index (χ4n) is 5.89. The zero-order valence-corrected chi connectivity index (χ0v) is 11.7. The lowest BCUT2D eigenvalue weighted by molar-refractivity contribution is -0.140. The summed E-state index contributed by atoms with van der Waals surface area (Å²) >= 11 is 0. The van der Waals surface area contributed by atoms with Gasteiger partial charge in [0.2, 0.25) is 5.91 Å². The molecule has 0 aromatic carbocycles. The van der Waals surface area contributed by atoms with Gasteiger partial charge < -0.3 is 10.0 Å². The number of likely N-dealkylation sites (tertiary alicyclic amines) is 1. The van der Waals surface area contributed by atoms with Crippen molar-refractivity contribution in [3.05, 3.63) is 0 Å². The molecule has 5 fully saturated rings. The van der Waals surface area contributed by atoms with Gasteiger partial charge in [-0.3, -0.25) is 4.79 Å². The number of carbonyl (C=O) groups excluding carboxylic acids is 1. The lowest BCUT2D eigenvalue weighted by atomic mass is 9.48. The largest absolute Gasteiger partial charge is 0.391 e. The van der Waals surface area contributed by atoms with Gasteiger partial charge in [-0.15, -0.1) is 0 Å². The molecule has 5 aliphatic rings. The van der Waals surface area contributed by atoms with Crippen molar-refractivity contribution in [2.45, 2.75) is 57.5 Å². The zero-order chi connectivity index (χ0) is 13.0. The molecule has 1 amide bonds. The van der Waals surface area contributed by atoms with Crippen LogP contribution in [0.4, 0.5) is 0 Å². The number of amides is 1. The van der Waals surface area contributed by atoms with Gasteiger partial charge in [0, 0.05) is 19.5 Å². The highest BCUT2D eigenvalue weighted by Crippen LogP contribution is 2.61. The maximum Gasteiger partial charge on any atom is 0.222 e. The zero-order valence-electron chi connectivity index (χ0n) is 11.7. The van der Waals surface area contributed by atoms with Gasteiger partial charge in [-0.1, -0.05) is 0 Å². The molecular formula is C16H25NO2. The van der Waals surface area contributed by atoms with Gasteiger partial charge in [0.1, 0.15) is 0 Å². The van der Waals surface area contributed by atoms with Crippen molar-refractivity contribution in [2.75, 3.05) is 13.1 Å². The van der Waals surface area contributed by atoms with Crippen LogP contribution in [0.3, 0.4) is 0 Å². The van der Waals surface area contributed by atoms with Crippen LogP contribution in [-0.2, 0) is 4.79 Å². The van der Waals surface area contributed by atoms with E-state index in [9.17, 15) is 9.90 Å². The average molecular weight is 263 g/mol. The van der Waals surface area contributed by atoms with E-state index in [1.807, 2.05) is 4.90 Å². The summed E-state index contributed by atoms with van der Waals surface area (Å²) in [6.07, 6.45) is 9.30. The molecule has 1 heterocycles. The normalized spacial score (nSPS) is 46.1. The number of nitrogens with zero attached hydrogens (tertiary/aromatic N) is 1. The predicted octanol–water partition coefficient (Wildman–Crippen LogP) is 2.19. The van der Waals surface area contributed by atoms with E-state index in [0.29, 0.717) is 13.0 Å². The highest BCUT2D eigenvalue weighted by molar-refractivity contribution is 5.78. The first-order valence-corrected chi connectivity index (χ1v) is 8.10. The summed E-state index contributed by atoms with van der Waals surface area (Å²) in [7, 11) is 0. The molecule has 1 saturated heterocycles. The van der Waals surface area contributed by atoms with E-state index < -0.39 is 0 Å². The first kappa shape index (κ1) is 12.2. The third-order valence-corrected chi connectivity index (χ3v) is 6.36. The van der Waals surface area contributed by atoms with Crippen molar-refractivity contribution in [2.24, 2.45) is 23.2 Å². The summed E-state index contributed by atoms with van der Waals surface area (Å²) in [5.74, 6) is 2.87. The molecule has 1 atom stereocenters. The first-order valence-electron chi connectivity index (χ1n) is 8.10. The Bertz CT molecular complexity index is 357. The van der Waals surface area contributed by atoms with Crippen LogP contribution in [0, 0.1) is 23.2 Å².